The Morgan fingerprint density at radius 2 is 1.86 bits per heavy atom. The highest BCUT2D eigenvalue weighted by Crippen LogP contribution is 2.49. The first-order valence-electron chi connectivity index (χ1n) is 11.8. The van der Waals surface area contributed by atoms with Gasteiger partial charge in [-0.2, -0.15) is 0 Å². The molecule has 2 N–H and O–H groups in total. The number of carbonyl (C=O) groups excluding carboxylic acids is 4. The lowest BCUT2D eigenvalue weighted by Crippen LogP contribution is -2.75. The molecule has 3 atom stereocenters. The summed E-state index contributed by atoms with van der Waals surface area (Å²) in [6, 6.07) is -0.249. The first-order valence-corrected chi connectivity index (χ1v) is 11.8. The van der Waals surface area contributed by atoms with Gasteiger partial charge in [-0.15, -0.1) is 0 Å². The van der Waals surface area contributed by atoms with Gasteiger partial charge in [0.2, 0.25) is 17.4 Å². The van der Waals surface area contributed by atoms with Crippen LogP contribution in [0.15, 0.2) is 10.6 Å². The Kier molecular flexibility index (Phi) is 5.06. The van der Waals surface area contributed by atoms with Crippen molar-refractivity contribution in [1.82, 2.24) is 20.7 Å². The van der Waals surface area contributed by atoms with Crippen LogP contribution < -0.4 is 15.5 Å². The normalized spacial score (nSPS) is 27.5. The van der Waals surface area contributed by atoms with E-state index in [1.54, 1.807) is 22.8 Å². The van der Waals surface area contributed by atoms with E-state index in [9.17, 15) is 19.2 Å². The SMILES string of the molecule is C[C@@H]1CN2c3c(cc4c(C(=O)N5CCOCC5)noc4c3F)CC3(C(=O)NC(=O)NC3=O)[C@H]2[C@H](C)O1. The summed E-state index contributed by atoms with van der Waals surface area (Å²) < 4.78 is 32.7. The molecular weight excluding hydrogens is 477 g/mol. The van der Waals surface area contributed by atoms with Gasteiger partial charge in [0, 0.05) is 26.1 Å². The number of ether oxygens (including phenoxy) is 2. The molecule has 0 saturated carbocycles. The van der Waals surface area contributed by atoms with Gasteiger partial charge in [0.1, 0.15) is 0 Å². The summed E-state index contributed by atoms with van der Waals surface area (Å²) in [5, 5.41) is 8.43. The number of aromatic nitrogens is 1. The first-order chi connectivity index (χ1) is 17.2. The molecule has 4 aliphatic rings. The first kappa shape index (κ1) is 22.9. The van der Waals surface area contributed by atoms with E-state index in [4.69, 9.17) is 14.0 Å². The minimum Gasteiger partial charge on any atom is -0.378 e. The molecule has 4 aliphatic heterocycles. The quantitative estimate of drug-likeness (QED) is 0.529. The van der Waals surface area contributed by atoms with Gasteiger partial charge in [-0.3, -0.25) is 25.0 Å². The number of amides is 5. The number of nitrogens with one attached hydrogen (secondary N) is 2. The second-order valence-corrected chi connectivity index (χ2v) is 9.65. The summed E-state index contributed by atoms with van der Waals surface area (Å²) in [4.78, 5) is 54.8. The number of rotatable bonds is 1. The highest BCUT2D eigenvalue weighted by atomic mass is 19.1. The number of imide groups is 2. The fraction of sp³-hybridized carbons (Fsp3) is 0.522. The summed E-state index contributed by atoms with van der Waals surface area (Å²) in [7, 11) is 0. The number of hydrogen-bond donors (Lipinski definition) is 2. The maximum Gasteiger partial charge on any atom is 0.328 e. The van der Waals surface area contributed by atoms with Crippen LogP contribution in [-0.4, -0.2) is 84.9 Å². The molecule has 1 aromatic carbocycles. The Hall–Kier alpha value is -3.58. The summed E-state index contributed by atoms with van der Waals surface area (Å²) in [5.74, 6) is -2.72. The van der Waals surface area contributed by atoms with Crippen LogP contribution in [0.2, 0.25) is 0 Å². The third kappa shape index (κ3) is 3.08. The fourth-order valence-corrected chi connectivity index (χ4v) is 6.02. The van der Waals surface area contributed by atoms with E-state index in [-0.39, 0.29) is 41.4 Å². The van der Waals surface area contributed by atoms with Gasteiger partial charge in [-0.25, -0.2) is 9.18 Å². The van der Waals surface area contributed by atoms with Crippen molar-refractivity contribution in [3.05, 3.63) is 23.1 Å². The number of halogens is 1. The van der Waals surface area contributed by atoms with Crippen molar-refractivity contribution in [2.75, 3.05) is 37.7 Å². The second kappa shape index (κ2) is 7.96. The molecule has 12 nitrogen and oxygen atoms in total. The van der Waals surface area contributed by atoms with Crippen molar-refractivity contribution < 1.29 is 37.6 Å². The number of urea groups is 1. The number of fused-ring (bicyclic) bond motifs is 5. The van der Waals surface area contributed by atoms with E-state index >= 15 is 4.39 Å². The lowest BCUT2D eigenvalue weighted by molar-refractivity contribution is -0.153. The molecule has 36 heavy (non-hydrogen) atoms. The van der Waals surface area contributed by atoms with Gasteiger partial charge in [-0.05, 0) is 25.5 Å². The van der Waals surface area contributed by atoms with Crippen molar-refractivity contribution in [3.63, 3.8) is 0 Å². The van der Waals surface area contributed by atoms with E-state index in [1.807, 2.05) is 6.92 Å². The van der Waals surface area contributed by atoms with Gasteiger partial charge >= 0.3 is 6.03 Å². The Labute approximate surface area is 204 Å². The Morgan fingerprint density at radius 1 is 1.17 bits per heavy atom. The molecule has 2 aromatic rings. The molecular formula is C23H24FN5O7. The van der Waals surface area contributed by atoms with E-state index < -0.39 is 47.1 Å². The summed E-state index contributed by atoms with van der Waals surface area (Å²) >= 11 is 0. The van der Waals surface area contributed by atoms with Crippen LogP contribution in [0.1, 0.15) is 29.9 Å². The van der Waals surface area contributed by atoms with E-state index in [1.165, 1.54) is 0 Å². The van der Waals surface area contributed by atoms with Crippen molar-refractivity contribution in [3.8, 4) is 0 Å². The highest BCUT2D eigenvalue weighted by Gasteiger charge is 2.63. The molecule has 3 saturated heterocycles. The molecule has 0 bridgehead atoms. The van der Waals surface area contributed by atoms with Crippen LogP contribution >= 0.6 is 0 Å². The zero-order valence-electron chi connectivity index (χ0n) is 19.6. The maximum atomic E-state index is 16.1. The minimum absolute atomic E-state index is 0.0544. The molecule has 0 radical (unpaired) electrons. The minimum atomic E-state index is -1.76. The topological polar surface area (TPSA) is 143 Å². The molecule has 0 unspecified atom stereocenters. The fourth-order valence-electron chi connectivity index (χ4n) is 6.02. The molecule has 3 fully saturated rings. The zero-order valence-corrected chi connectivity index (χ0v) is 19.6. The van der Waals surface area contributed by atoms with E-state index in [2.05, 4.69) is 15.8 Å². The number of barbiturate groups is 1. The maximum absolute atomic E-state index is 16.1. The summed E-state index contributed by atoms with van der Waals surface area (Å²) in [6.07, 6.45) is -1.19. The van der Waals surface area contributed by atoms with Crippen molar-refractivity contribution in [2.24, 2.45) is 5.41 Å². The standard InChI is InChI=1S/C23H24FN5O7/c1-10-9-29-16-12(8-23(18(29)11(2)35-10)20(31)25-22(33)26-21(23)32)7-13-15(27-36-17(13)14(16)24)19(30)28-3-5-34-6-4-28/h7,10-11,18H,3-6,8-9H2,1-2H3,(H2,25,26,31,32,33)/t10-,11+,18-/m1/s1. The highest BCUT2D eigenvalue weighted by molar-refractivity contribution is 6.20. The average molecular weight is 501 g/mol. The Balaban J connectivity index is 1.53. The Bertz CT molecular complexity index is 1300. The number of nitrogens with zero attached hydrogens (tertiary/aromatic N) is 3. The van der Waals surface area contributed by atoms with Crippen molar-refractivity contribution in [1.29, 1.82) is 0 Å². The van der Waals surface area contributed by atoms with Gasteiger partial charge in [0.25, 0.3) is 5.91 Å². The number of anilines is 1. The van der Waals surface area contributed by atoms with Crippen LogP contribution in [0.5, 0.6) is 0 Å². The van der Waals surface area contributed by atoms with E-state index in [0.29, 0.717) is 31.9 Å². The van der Waals surface area contributed by atoms with E-state index in [0.717, 1.165) is 0 Å². The lowest BCUT2D eigenvalue weighted by Gasteiger charge is -2.55. The second-order valence-electron chi connectivity index (χ2n) is 9.65. The van der Waals surface area contributed by atoms with Gasteiger partial charge in [0.15, 0.2) is 16.9 Å². The molecule has 190 valence electrons. The number of benzene rings is 1. The monoisotopic (exact) mass is 501 g/mol. The predicted molar refractivity (Wildman–Crippen MR) is 120 cm³/mol. The third-order valence-corrected chi connectivity index (χ3v) is 7.47. The lowest BCUT2D eigenvalue weighted by atomic mass is 9.66. The molecule has 13 heteroatoms. The predicted octanol–water partition coefficient (Wildman–Crippen LogP) is 0.330. The third-order valence-electron chi connectivity index (χ3n) is 7.47. The van der Waals surface area contributed by atoms with Gasteiger partial charge in [-0.1, -0.05) is 5.16 Å². The molecule has 5 heterocycles. The van der Waals surface area contributed by atoms with Crippen molar-refractivity contribution in [2.45, 2.75) is 38.5 Å². The van der Waals surface area contributed by atoms with Gasteiger partial charge in [0.05, 0.1) is 42.5 Å². The molecule has 5 amide bonds. The summed E-state index contributed by atoms with van der Waals surface area (Å²) in [5.41, 5.74) is -1.50. The number of hydrogen-bond acceptors (Lipinski definition) is 9. The number of carbonyl (C=O) groups is 4. The number of morpholine rings is 2. The van der Waals surface area contributed by atoms with Crippen LogP contribution in [0, 0.1) is 11.2 Å². The van der Waals surface area contributed by atoms with Gasteiger partial charge < -0.3 is 23.8 Å². The molecule has 1 spiro atoms. The largest absolute Gasteiger partial charge is 0.378 e. The molecule has 6 rings (SSSR count). The molecule has 1 aromatic heterocycles. The Morgan fingerprint density at radius 3 is 2.56 bits per heavy atom. The molecule has 0 aliphatic carbocycles. The smallest absolute Gasteiger partial charge is 0.328 e. The summed E-state index contributed by atoms with van der Waals surface area (Å²) in [6.45, 7) is 5.20. The van der Waals surface area contributed by atoms with Crippen LogP contribution in [0.25, 0.3) is 11.0 Å². The van der Waals surface area contributed by atoms with Crippen LogP contribution in [0.4, 0.5) is 14.9 Å². The average Bonchev–Trinajstić information content (AvgIpc) is 3.26. The van der Waals surface area contributed by atoms with Crippen LogP contribution in [0.3, 0.4) is 0 Å². The van der Waals surface area contributed by atoms with Crippen molar-refractivity contribution >= 4 is 40.4 Å². The van der Waals surface area contributed by atoms with Crippen LogP contribution in [-0.2, 0) is 25.5 Å². The zero-order chi connectivity index (χ0) is 25.4.